The van der Waals surface area contributed by atoms with Crippen LogP contribution in [0.4, 0.5) is 0 Å². The van der Waals surface area contributed by atoms with Gasteiger partial charge in [0, 0.05) is 5.56 Å². The molecule has 3 unspecified atom stereocenters. The van der Waals surface area contributed by atoms with Crippen LogP contribution in [0.25, 0.3) is 11.1 Å². The quantitative estimate of drug-likeness (QED) is 0.0482. The second kappa shape index (κ2) is 24.0. The Kier molecular flexibility index (Phi) is 20.0. The van der Waals surface area contributed by atoms with Gasteiger partial charge in [0.05, 0.1) is 32.1 Å². The number of aryl methyl sites for hydroxylation is 1. The summed E-state index contributed by atoms with van der Waals surface area (Å²) in [5, 5.41) is 53.6. The van der Waals surface area contributed by atoms with E-state index in [0.717, 1.165) is 37.3 Å². The van der Waals surface area contributed by atoms with Crippen LogP contribution >= 0.6 is 0 Å². The smallest absolute Gasteiger partial charge is 0.426 e. The van der Waals surface area contributed by atoms with Crippen molar-refractivity contribution in [3.63, 3.8) is 0 Å². The lowest BCUT2D eigenvalue weighted by molar-refractivity contribution is -0.135. The first-order chi connectivity index (χ1) is 27.4. The fourth-order valence-electron chi connectivity index (χ4n) is 5.22. The summed E-state index contributed by atoms with van der Waals surface area (Å²) in [7, 11) is -1.91. The number of amides is 8. The number of carbonyl (C=O) groups is 8. The summed E-state index contributed by atoms with van der Waals surface area (Å²) >= 11 is 0. The van der Waals surface area contributed by atoms with E-state index in [1.165, 1.54) is 19.4 Å². The summed E-state index contributed by atoms with van der Waals surface area (Å²) in [4.78, 5) is 100. The van der Waals surface area contributed by atoms with Crippen LogP contribution in [0.15, 0.2) is 48.5 Å². The highest BCUT2D eigenvalue weighted by Crippen LogP contribution is 2.21. The predicted molar refractivity (Wildman–Crippen MR) is 210 cm³/mol. The third kappa shape index (κ3) is 16.3. The van der Waals surface area contributed by atoms with Gasteiger partial charge in [-0.05, 0) is 62.4 Å². The first kappa shape index (κ1) is 48.3. The summed E-state index contributed by atoms with van der Waals surface area (Å²) in [6.45, 7) is 4.25. The van der Waals surface area contributed by atoms with Crippen LogP contribution in [0, 0.1) is 0 Å². The highest BCUT2D eigenvalue weighted by atomic mass is 16.4. The zero-order chi connectivity index (χ0) is 43.5. The summed E-state index contributed by atoms with van der Waals surface area (Å²) in [6.07, 6.45) is 0.407. The average Bonchev–Trinajstić information content (AvgIpc) is 3.18. The van der Waals surface area contributed by atoms with Crippen molar-refractivity contribution in [2.24, 2.45) is 5.73 Å². The Hall–Kier alpha value is -5.90. The molecule has 0 saturated carbocycles. The molecule has 21 heteroatoms. The van der Waals surface area contributed by atoms with Gasteiger partial charge >= 0.3 is 7.12 Å². The summed E-state index contributed by atoms with van der Waals surface area (Å²) < 4.78 is 0. The maximum absolute atomic E-state index is 12.9. The molecule has 8 amide bonds. The third-order valence-corrected chi connectivity index (χ3v) is 8.56. The molecule has 0 aromatic heterocycles. The van der Waals surface area contributed by atoms with Crippen LogP contribution in [0.2, 0.25) is 0 Å². The molecular weight excluding hydrogens is 759 g/mol. The molecule has 0 radical (unpaired) electrons. The molecule has 2 aromatic rings. The second-order valence-corrected chi connectivity index (χ2v) is 13.5. The Balaban J connectivity index is 1.89. The minimum atomic E-state index is -1.91. The van der Waals surface area contributed by atoms with Gasteiger partial charge in [0.15, 0.2) is 0 Å². The lowest BCUT2D eigenvalue weighted by Crippen LogP contribution is -2.59. The Labute approximate surface area is 335 Å². The number of nitrogens with two attached hydrogens (primary N) is 1. The number of benzene rings is 2. The molecule has 0 aliphatic rings. The average molecular weight is 813 g/mol. The van der Waals surface area contributed by atoms with E-state index in [0.29, 0.717) is 0 Å². The number of nitrogens with one attached hydrogen (secondary N) is 7. The molecule has 13 N–H and O–H groups in total. The van der Waals surface area contributed by atoms with Crippen molar-refractivity contribution in [3.8, 4) is 11.1 Å². The molecule has 0 aliphatic heterocycles. The summed E-state index contributed by atoms with van der Waals surface area (Å²) in [5.41, 5.74) is 8.43. The molecule has 2 aromatic carbocycles. The number of carbonyl (C=O) groups excluding carboxylic acids is 8. The van der Waals surface area contributed by atoms with Crippen LogP contribution in [0.5, 0.6) is 0 Å². The van der Waals surface area contributed by atoms with E-state index in [4.69, 9.17) is 15.8 Å². The van der Waals surface area contributed by atoms with E-state index in [1.807, 2.05) is 12.1 Å². The fraction of sp³-hybridized carbons (Fsp3) is 0.459. The molecule has 0 heterocycles. The third-order valence-electron chi connectivity index (χ3n) is 8.56. The minimum Gasteiger partial charge on any atom is -0.426 e. The van der Waals surface area contributed by atoms with Gasteiger partial charge in [-0.1, -0.05) is 49.7 Å². The number of aliphatic hydroxyl groups is 2. The van der Waals surface area contributed by atoms with E-state index < -0.39 is 117 Å². The minimum absolute atomic E-state index is 0.226. The molecule has 0 spiro atoms. The van der Waals surface area contributed by atoms with Gasteiger partial charge in [0.25, 0.3) is 5.91 Å². The van der Waals surface area contributed by atoms with Crippen LogP contribution < -0.4 is 43.0 Å². The standard InChI is InChI=1S/C37H53BN8O12/c1-5-6-7-23-8-10-24(11-9-23)25-12-14-26(15-13-25)34(53)45-28(18-47)36(55)42-20(2)32(51)40-17-30(50)46-31(22(4)48)37(56)43-21(3)33(52)44-27(16-29(39)49)35(54)41-19-38(57)58/h8-15,20-22,27-28,31,47-48,57-58H,5-7,16-19H2,1-4H3,(H2,39,49)(H,40,51)(H,41,54)(H,42,55)(H,43,56)(H,44,52)(H,45,53)(H,46,50)/t20-,21+,22?,27?,28-,31?/m1/s1. The lowest BCUT2D eigenvalue weighted by atomic mass is 9.92. The van der Waals surface area contributed by atoms with Crippen LogP contribution in [-0.4, -0.2) is 131 Å². The first-order valence-electron chi connectivity index (χ1n) is 18.6. The van der Waals surface area contributed by atoms with Gasteiger partial charge in [-0.3, -0.25) is 38.4 Å². The van der Waals surface area contributed by atoms with Crippen molar-refractivity contribution < 1.29 is 58.6 Å². The first-order valence-corrected chi connectivity index (χ1v) is 18.6. The molecule has 316 valence electrons. The Morgan fingerprint density at radius 3 is 1.79 bits per heavy atom. The Morgan fingerprint density at radius 1 is 0.690 bits per heavy atom. The zero-order valence-corrected chi connectivity index (χ0v) is 32.7. The molecule has 20 nitrogen and oxygen atoms in total. The highest BCUT2D eigenvalue weighted by molar-refractivity contribution is 6.41. The van der Waals surface area contributed by atoms with Crippen molar-refractivity contribution in [1.29, 1.82) is 0 Å². The molecule has 0 fully saturated rings. The molecule has 0 aliphatic carbocycles. The number of aliphatic hydroxyl groups excluding tert-OH is 2. The molecule has 2 rings (SSSR count). The van der Waals surface area contributed by atoms with Gasteiger partial charge in [-0.25, -0.2) is 0 Å². The van der Waals surface area contributed by atoms with Crippen molar-refractivity contribution in [1.82, 2.24) is 37.2 Å². The monoisotopic (exact) mass is 812 g/mol. The Bertz CT molecular complexity index is 1740. The lowest BCUT2D eigenvalue weighted by Gasteiger charge is -2.24. The van der Waals surface area contributed by atoms with Gasteiger partial charge in [0.1, 0.15) is 30.2 Å². The number of hydrogen-bond donors (Lipinski definition) is 12. The SMILES string of the molecule is CCCCc1ccc(-c2ccc(C(=O)N[C@H](CO)C(=O)N[C@H](C)C(=O)NCC(=O)NC(C(=O)N[C@@H](C)C(=O)NC(CC(N)=O)C(=O)NCB(O)O)C(C)O)cc2)cc1. The summed E-state index contributed by atoms with van der Waals surface area (Å²) in [6, 6.07) is 7.54. The highest BCUT2D eigenvalue weighted by Gasteiger charge is 2.31. The van der Waals surface area contributed by atoms with E-state index in [1.54, 1.807) is 24.3 Å². The van der Waals surface area contributed by atoms with Gasteiger partial charge in [-0.15, -0.1) is 0 Å². The molecule has 58 heavy (non-hydrogen) atoms. The predicted octanol–water partition coefficient (Wildman–Crippen LogP) is -3.73. The van der Waals surface area contributed by atoms with Crippen molar-refractivity contribution in [3.05, 3.63) is 59.7 Å². The fourth-order valence-corrected chi connectivity index (χ4v) is 5.22. The number of unbranched alkanes of at least 4 members (excludes halogenated alkanes) is 1. The molecule has 6 atom stereocenters. The van der Waals surface area contributed by atoms with Crippen LogP contribution in [-0.2, 0) is 40.0 Å². The van der Waals surface area contributed by atoms with Gasteiger partial charge < -0.3 is 63.2 Å². The van der Waals surface area contributed by atoms with Crippen LogP contribution in [0.3, 0.4) is 0 Å². The maximum Gasteiger partial charge on any atom is 0.472 e. The Morgan fingerprint density at radius 2 is 1.26 bits per heavy atom. The summed E-state index contributed by atoms with van der Waals surface area (Å²) in [5.74, 6) is -7.31. The van der Waals surface area contributed by atoms with E-state index in [2.05, 4.69) is 56.3 Å². The van der Waals surface area contributed by atoms with E-state index in [9.17, 15) is 48.6 Å². The molecule has 0 saturated heterocycles. The zero-order valence-electron chi connectivity index (χ0n) is 32.7. The number of hydrogen-bond acceptors (Lipinski definition) is 12. The van der Waals surface area contributed by atoms with Crippen molar-refractivity contribution in [2.45, 2.75) is 89.7 Å². The maximum atomic E-state index is 12.9. The number of rotatable bonds is 23. The number of primary amides is 1. The van der Waals surface area contributed by atoms with Crippen LogP contribution in [0.1, 0.15) is 62.9 Å². The van der Waals surface area contributed by atoms with Gasteiger partial charge in [0.2, 0.25) is 41.4 Å². The molecular formula is C37H53BN8O12. The topological polar surface area (TPSA) is 328 Å². The second-order valence-electron chi connectivity index (χ2n) is 13.5. The van der Waals surface area contributed by atoms with Crippen molar-refractivity contribution in [2.75, 3.05) is 19.6 Å². The van der Waals surface area contributed by atoms with E-state index in [-0.39, 0.29) is 5.56 Å². The van der Waals surface area contributed by atoms with Gasteiger partial charge in [-0.2, -0.15) is 0 Å². The van der Waals surface area contributed by atoms with E-state index >= 15 is 0 Å². The normalized spacial score (nSPS) is 13.9. The largest absolute Gasteiger partial charge is 0.472 e. The van der Waals surface area contributed by atoms with Crippen molar-refractivity contribution >= 4 is 54.4 Å². The molecule has 0 bridgehead atoms.